The van der Waals surface area contributed by atoms with Crippen molar-refractivity contribution in [2.45, 2.75) is 26.1 Å². The van der Waals surface area contributed by atoms with Crippen LogP contribution < -0.4 is 0 Å². The Bertz CT molecular complexity index is 639. The van der Waals surface area contributed by atoms with Gasteiger partial charge in [0.2, 0.25) is 0 Å². The van der Waals surface area contributed by atoms with Gasteiger partial charge in [0.05, 0.1) is 37.6 Å². The van der Waals surface area contributed by atoms with Crippen molar-refractivity contribution in [3.63, 3.8) is 0 Å². The normalized spacial score (nSPS) is 12.2. The van der Waals surface area contributed by atoms with Crippen LogP contribution in [0.2, 0.25) is 0 Å². The smallest absolute Gasteiger partial charge is 0.337 e. The van der Waals surface area contributed by atoms with Gasteiger partial charge in [-0.2, -0.15) is 0 Å². The molecule has 0 aliphatic rings. The molecule has 0 spiro atoms. The summed E-state index contributed by atoms with van der Waals surface area (Å²) in [7, 11) is 2.68. The molecular weight excluding hydrogens is 336 g/mol. The third-order valence-electron chi connectivity index (χ3n) is 3.63. The van der Waals surface area contributed by atoms with E-state index < -0.39 is 12.2 Å². The maximum absolute atomic E-state index is 11.0. The number of aliphatic hydroxyl groups excluding tert-OH is 2. The summed E-state index contributed by atoms with van der Waals surface area (Å²) in [6.45, 7) is 3.35. The Morgan fingerprint density at radius 3 is 1.15 bits per heavy atom. The molecule has 2 atom stereocenters. The number of methoxy groups -OCH3 is 2. The third-order valence-corrected chi connectivity index (χ3v) is 3.63. The summed E-state index contributed by atoms with van der Waals surface area (Å²) >= 11 is 0. The first-order valence-corrected chi connectivity index (χ1v) is 8.02. The molecule has 0 heterocycles. The number of aliphatic hydroxyl groups is 2. The lowest BCUT2D eigenvalue weighted by atomic mass is 10.1. The number of hydrogen-bond acceptors (Lipinski definition) is 6. The van der Waals surface area contributed by atoms with E-state index >= 15 is 0 Å². The summed E-state index contributed by atoms with van der Waals surface area (Å²) in [6, 6.07) is 13.4. The Kier molecular flexibility index (Phi) is 8.48. The first-order valence-electron chi connectivity index (χ1n) is 8.02. The Labute approximate surface area is 153 Å². The Morgan fingerprint density at radius 2 is 0.962 bits per heavy atom. The van der Waals surface area contributed by atoms with Crippen molar-refractivity contribution < 1.29 is 29.3 Å². The van der Waals surface area contributed by atoms with E-state index in [1.807, 2.05) is 0 Å². The summed E-state index contributed by atoms with van der Waals surface area (Å²) < 4.78 is 9.07. The number of ether oxygens (including phenoxy) is 2. The van der Waals surface area contributed by atoms with Gasteiger partial charge in [0.1, 0.15) is 0 Å². The van der Waals surface area contributed by atoms with E-state index in [2.05, 4.69) is 9.47 Å². The van der Waals surface area contributed by atoms with Crippen LogP contribution in [0.1, 0.15) is 57.9 Å². The molecule has 6 heteroatoms. The molecule has 0 radical (unpaired) electrons. The molecule has 6 nitrogen and oxygen atoms in total. The molecule has 0 aliphatic carbocycles. The minimum atomic E-state index is -0.508. The highest BCUT2D eigenvalue weighted by molar-refractivity contribution is 5.89. The van der Waals surface area contributed by atoms with Gasteiger partial charge in [0.25, 0.3) is 0 Å². The van der Waals surface area contributed by atoms with Gasteiger partial charge in [-0.3, -0.25) is 0 Å². The monoisotopic (exact) mass is 360 g/mol. The first kappa shape index (κ1) is 21.3. The van der Waals surface area contributed by atoms with Crippen molar-refractivity contribution in [2.24, 2.45) is 0 Å². The fraction of sp³-hybridized carbons (Fsp3) is 0.300. The quantitative estimate of drug-likeness (QED) is 0.814. The molecule has 0 aliphatic heterocycles. The van der Waals surface area contributed by atoms with E-state index in [0.717, 1.165) is 11.1 Å². The highest BCUT2D eigenvalue weighted by Gasteiger charge is 2.06. The predicted octanol–water partition coefficient (Wildman–Crippen LogP) is 3.05. The highest BCUT2D eigenvalue weighted by atomic mass is 16.5. The standard InChI is InChI=1S/2C10H12O3/c2*1-7(11)8-3-5-9(6-4-8)10(12)13-2/h2*3-7,11H,1-2H3. The molecule has 0 saturated heterocycles. The zero-order chi connectivity index (χ0) is 19.7. The summed E-state index contributed by atoms with van der Waals surface area (Å²) in [5.74, 6) is -0.728. The van der Waals surface area contributed by atoms with Crippen LogP contribution in [0.3, 0.4) is 0 Å². The Balaban J connectivity index is 0.000000260. The van der Waals surface area contributed by atoms with E-state index in [9.17, 15) is 19.8 Å². The van der Waals surface area contributed by atoms with Gasteiger partial charge in [-0.05, 0) is 49.2 Å². The van der Waals surface area contributed by atoms with Crippen LogP contribution in [0, 0.1) is 0 Å². The first-order chi connectivity index (χ1) is 12.3. The summed E-state index contributed by atoms with van der Waals surface area (Å²) in [6.07, 6.45) is -1.02. The van der Waals surface area contributed by atoms with Gasteiger partial charge in [0, 0.05) is 0 Å². The average molecular weight is 360 g/mol. The van der Waals surface area contributed by atoms with Crippen LogP contribution >= 0.6 is 0 Å². The zero-order valence-electron chi connectivity index (χ0n) is 15.3. The molecule has 0 bridgehead atoms. The molecule has 0 aromatic heterocycles. The van der Waals surface area contributed by atoms with Crippen LogP contribution in [0.25, 0.3) is 0 Å². The number of esters is 2. The minimum absolute atomic E-state index is 0.364. The molecular formula is C20H24O6. The van der Waals surface area contributed by atoms with Gasteiger partial charge in [-0.1, -0.05) is 24.3 Å². The van der Waals surface area contributed by atoms with E-state index in [1.165, 1.54) is 14.2 Å². The molecule has 0 amide bonds. The highest BCUT2D eigenvalue weighted by Crippen LogP contribution is 2.13. The predicted molar refractivity (Wildman–Crippen MR) is 96.8 cm³/mol. The Morgan fingerprint density at radius 1 is 0.692 bits per heavy atom. The molecule has 2 N–H and O–H groups in total. The molecule has 2 rings (SSSR count). The SMILES string of the molecule is COC(=O)c1ccc(C(C)O)cc1.COC(=O)c1ccc(C(C)O)cc1. The van der Waals surface area contributed by atoms with E-state index in [0.29, 0.717) is 11.1 Å². The van der Waals surface area contributed by atoms with Gasteiger partial charge in [-0.15, -0.1) is 0 Å². The molecule has 2 aromatic rings. The van der Waals surface area contributed by atoms with Gasteiger partial charge in [-0.25, -0.2) is 9.59 Å². The fourth-order valence-corrected chi connectivity index (χ4v) is 2.03. The number of hydrogen-bond donors (Lipinski definition) is 2. The summed E-state index contributed by atoms with van der Waals surface area (Å²) in [5.41, 5.74) is 2.55. The lowest BCUT2D eigenvalue weighted by Crippen LogP contribution is -2.01. The molecule has 0 fully saturated rings. The maximum atomic E-state index is 11.0. The molecule has 2 aromatic carbocycles. The van der Waals surface area contributed by atoms with Crippen molar-refractivity contribution in [3.8, 4) is 0 Å². The van der Waals surface area contributed by atoms with Crippen LogP contribution in [0.5, 0.6) is 0 Å². The van der Waals surface area contributed by atoms with Crippen molar-refractivity contribution in [1.82, 2.24) is 0 Å². The van der Waals surface area contributed by atoms with Crippen LogP contribution in [0.4, 0.5) is 0 Å². The van der Waals surface area contributed by atoms with E-state index in [-0.39, 0.29) is 11.9 Å². The van der Waals surface area contributed by atoms with E-state index in [4.69, 9.17) is 0 Å². The van der Waals surface area contributed by atoms with Crippen molar-refractivity contribution in [2.75, 3.05) is 14.2 Å². The minimum Gasteiger partial charge on any atom is -0.465 e. The molecule has 2 unspecified atom stereocenters. The second-order valence-corrected chi connectivity index (χ2v) is 5.58. The molecule has 26 heavy (non-hydrogen) atoms. The second kappa shape index (κ2) is 10.3. The number of carbonyl (C=O) groups is 2. The summed E-state index contributed by atoms with van der Waals surface area (Å²) in [4.78, 5) is 22.0. The topological polar surface area (TPSA) is 93.1 Å². The van der Waals surface area contributed by atoms with Gasteiger partial charge in [0.15, 0.2) is 0 Å². The molecule has 0 saturated carbocycles. The Hall–Kier alpha value is -2.70. The van der Waals surface area contributed by atoms with Crippen molar-refractivity contribution in [3.05, 3.63) is 70.8 Å². The van der Waals surface area contributed by atoms with Crippen LogP contribution in [-0.4, -0.2) is 36.4 Å². The summed E-state index contributed by atoms with van der Waals surface area (Å²) in [5, 5.41) is 18.4. The van der Waals surface area contributed by atoms with Gasteiger partial charge < -0.3 is 19.7 Å². The van der Waals surface area contributed by atoms with Crippen molar-refractivity contribution in [1.29, 1.82) is 0 Å². The largest absolute Gasteiger partial charge is 0.465 e. The third kappa shape index (κ3) is 6.31. The molecule has 140 valence electrons. The zero-order valence-corrected chi connectivity index (χ0v) is 15.3. The average Bonchev–Trinajstić information content (AvgIpc) is 2.67. The van der Waals surface area contributed by atoms with Gasteiger partial charge >= 0.3 is 11.9 Å². The number of carbonyl (C=O) groups excluding carboxylic acids is 2. The maximum Gasteiger partial charge on any atom is 0.337 e. The number of benzene rings is 2. The van der Waals surface area contributed by atoms with Crippen LogP contribution in [0.15, 0.2) is 48.5 Å². The lowest BCUT2D eigenvalue weighted by molar-refractivity contribution is 0.0591. The fourth-order valence-electron chi connectivity index (χ4n) is 2.03. The second-order valence-electron chi connectivity index (χ2n) is 5.58. The van der Waals surface area contributed by atoms with Crippen LogP contribution in [-0.2, 0) is 9.47 Å². The van der Waals surface area contributed by atoms with Crippen molar-refractivity contribution >= 4 is 11.9 Å². The number of rotatable bonds is 4. The van der Waals surface area contributed by atoms with E-state index in [1.54, 1.807) is 62.4 Å². The lowest BCUT2D eigenvalue weighted by Gasteiger charge is -2.04.